The van der Waals surface area contributed by atoms with Gasteiger partial charge in [0.15, 0.2) is 0 Å². The zero-order valence-electron chi connectivity index (χ0n) is 11.5. The Bertz CT molecular complexity index is 664. The zero-order valence-corrected chi connectivity index (χ0v) is 11.5. The van der Waals surface area contributed by atoms with Crippen LogP contribution in [0.25, 0.3) is 0 Å². The van der Waals surface area contributed by atoms with E-state index in [1.165, 1.54) is 5.56 Å². The van der Waals surface area contributed by atoms with E-state index in [0.717, 1.165) is 36.3 Å². The molecule has 3 heteroatoms. The van der Waals surface area contributed by atoms with Gasteiger partial charge in [-0.15, -0.1) is 0 Å². The number of carboxylic acid groups (broad SMARTS) is 1. The lowest BCUT2D eigenvalue weighted by atomic mass is 9.98. The molecule has 0 spiro atoms. The van der Waals surface area contributed by atoms with Crippen LogP contribution in [0, 0.1) is 6.92 Å². The van der Waals surface area contributed by atoms with Crippen molar-refractivity contribution in [1.29, 1.82) is 0 Å². The summed E-state index contributed by atoms with van der Waals surface area (Å²) in [5.74, 6) is -0.869. The van der Waals surface area contributed by atoms with E-state index in [9.17, 15) is 9.90 Å². The second-order valence-corrected chi connectivity index (χ2v) is 5.16. The van der Waals surface area contributed by atoms with Gasteiger partial charge in [0.2, 0.25) is 0 Å². The predicted molar refractivity (Wildman–Crippen MR) is 79.9 cm³/mol. The molecule has 0 atom stereocenters. The van der Waals surface area contributed by atoms with Crippen molar-refractivity contribution < 1.29 is 9.90 Å². The molecule has 0 aromatic heterocycles. The molecule has 0 bridgehead atoms. The topological polar surface area (TPSA) is 40.5 Å². The summed E-state index contributed by atoms with van der Waals surface area (Å²) in [6.07, 6.45) is 2.10. The predicted octanol–water partition coefficient (Wildman–Crippen LogP) is 3.78. The molecule has 0 aliphatic carbocycles. The Balaban J connectivity index is 2.18. The van der Waals surface area contributed by atoms with Gasteiger partial charge in [-0.3, -0.25) is 0 Å². The van der Waals surface area contributed by atoms with Crippen LogP contribution in [0.15, 0.2) is 42.5 Å². The fourth-order valence-electron chi connectivity index (χ4n) is 2.96. The van der Waals surface area contributed by atoms with Crippen LogP contribution < -0.4 is 4.90 Å². The molecule has 0 saturated carbocycles. The minimum Gasteiger partial charge on any atom is -0.478 e. The first-order valence-electron chi connectivity index (χ1n) is 6.87. The van der Waals surface area contributed by atoms with Crippen molar-refractivity contribution in [3.63, 3.8) is 0 Å². The average molecular weight is 267 g/mol. The van der Waals surface area contributed by atoms with Crippen LogP contribution in [0.5, 0.6) is 0 Å². The molecule has 0 amide bonds. The van der Waals surface area contributed by atoms with Crippen LogP contribution >= 0.6 is 0 Å². The third-order valence-electron chi connectivity index (χ3n) is 3.85. The van der Waals surface area contributed by atoms with E-state index in [4.69, 9.17) is 0 Å². The van der Waals surface area contributed by atoms with Crippen LogP contribution in [0.2, 0.25) is 0 Å². The Morgan fingerprint density at radius 2 is 1.95 bits per heavy atom. The summed E-state index contributed by atoms with van der Waals surface area (Å²) < 4.78 is 0. The van der Waals surface area contributed by atoms with Gasteiger partial charge in [0.25, 0.3) is 0 Å². The molecular formula is C17H17NO2. The molecule has 1 N–H and O–H groups in total. The Kier molecular flexibility index (Phi) is 3.18. The fourth-order valence-corrected chi connectivity index (χ4v) is 2.96. The minimum absolute atomic E-state index is 0.377. The highest BCUT2D eigenvalue weighted by molar-refractivity contribution is 5.97. The smallest absolute Gasteiger partial charge is 0.337 e. The van der Waals surface area contributed by atoms with Gasteiger partial charge in [-0.2, -0.15) is 0 Å². The van der Waals surface area contributed by atoms with Crippen LogP contribution in [-0.2, 0) is 6.42 Å². The number of hydrogen-bond donors (Lipinski definition) is 1. The molecule has 0 saturated heterocycles. The van der Waals surface area contributed by atoms with Crippen molar-refractivity contribution in [3.8, 4) is 0 Å². The first-order chi connectivity index (χ1) is 9.68. The molecule has 1 heterocycles. The number of rotatable bonds is 2. The summed E-state index contributed by atoms with van der Waals surface area (Å²) in [6.45, 7) is 2.83. The number of hydrogen-bond acceptors (Lipinski definition) is 2. The number of anilines is 2. The van der Waals surface area contributed by atoms with E-state index >= 15 is 0 Å². The van der Waals surface area contributed by atoms with E-state index in [0.29, 0.717) is 5.56 Å². The van der Waals surface area contributed by atoms with Crippen LogP contribution in [0.1, 0.15) is 27.9 Å². The van der Waals surface area contributed by atoms with Crippen molar-refractivity contribution >= 4 is 17.3 Å². The van der Waals surface area contributed by atoms with Gasteiger partial charge in [0, 0.05) is 12.2 Å². The van der Waals surface area contributed by atoms with E-state index < -0.39 is 5.97 Å². The first-order valence-corrected chi connectivity index (χ1v) is 6.87. The van der Waals surface area contributed by atoms with Gasteiger partial charge < -0.3 is 10.0 Å². The Morgan fingerprint density at radius 3 is 2.75 bits per heavy atom. The SMILES string of the molecule is Cc1cccc(C(=O)O)c1N1CCCc2ccccc21. The highest BCUT2D eigenvalue weighted by atomic mass is 16.4. The van der Waals surface area contributed by atoms with Crippen molar-refractivity contribution in [2.45, 2.75) is 19.8 Å². The molecule has 1 aliphatic rings. The number of nitrogens with zero attached hydrogens (tertiary/aromatic N) is 1. The maximum Gasteiger partial charge on any atom is 0.337 e. The van der Waals surface area contributed by atoms with Crippen molar-refractivity contribution in [3.05, 3.63) is 59.2 Å². The molecule has 20 heavy (non-hydrogen) atoms. The molecule has 102 valence electrons. The zero-order chi connectivity index (χ0) is 14.1. The maximum atomic E-state index is 11.5. The second kappa shape index (κ2) is 5.00. The minimum atomic E-state index is -0.869. The van der Waals surface area contributed by atoms with Gasteiger partial charge in [0.1, 0.15) is 0 Å². The summed E-state index contributed by atoms with van der Waals surface area (Å²) in [6, 6.07) is 13.7. The normalized spacial score (nSPS) is 13.9. The number of fused-ring (bicyclic) bond motifs is 1. The molecule has 3 nitrogen and oxygen atoms in total. The van der Waals surface area contributed by atoms with Gasteiger partial charge >= 0.3 is 5.97 Å². The Labute approximate surface area is 118 Å². The second-order valence-electron chi connectivity index (χ2n) is 5.16. The van der Waals surface area contributed by atoms with E-state index in [1.807, 2.05) is 25.1 Å². The van der Waals surface area contributed by atoms with E-state index in [-0.39, 0.29) is 0 Å². The van der Waals surface area contributed by atoms with Crippen molar-refractivity contribution in [2.75, 3.05) is 11.4 Å². The van der Waals surface area contributed by atoms with Crippen LogP contribution in [0.3, 0.4) is 0 Å². The lowest BCUT2D eigenvalue weighted by Gasteiger charge is -2.33. The molecule has 2 aromatic rings. The standard InChI is InChI=1S/C17H17NO2/c1-12-6-4-9-14(17(19)20)16(12)18-11-5-8-13-7-2-3-10-15(13)18/h2-4,6-7,9-10H,5,8,11H2,1H3,(H,19,20). The number of aryl methyl sites for hydroxylation is 2. The summed E-state index contributed by atoms with van der Waals surface area (Å²) in [4.78, 5) is 13.7. The highest BCUT2D eigenvalue weighted by Crippen LogP contribution is 2.37. The lowest BCUT2D eigenvalue weighted by Crippen LogP contribution is -2.26. The average Bonchev–Trinajstić information content (AvgIpc) is 2.46. The van der Waals surface area contributed by atoms with Gasteiger partial charge in [-0.25, -0.2) is 4.79 Å². The summed E-state index contributed by atoms with van der Waals surface area (Å²) in [5, 5.41) is 9.44. The van der Waals surface area contributed by atoms with Crippen LogP contribution in [0.4, 0.5) is 11.4 Å². The van der Waals surface area contributed by atoms with E-state index in [2.05, 4.69) is 17.0 Å². The number of para-hydroxylation sites is 2. The van der Waals surface area contributed by atoms with Crippen LogP contribution in [-0.4, -0.2) is 17.6 Å². The van der Waals surface area contributed by atoms with E-state index in [1.54, 1.807) is 12.1 Å². The van der Waals surface area contributed by atoms with Crippen molar-refractivity contribution in [1.82, 2.24) is 0 Å². The monoisotopic (exact) mass is 267 g/mol. The Morgan fingerprint density at radius 1 is 1.15 bits per heavy atom. The quantitative estimate of drug-likeness (QED) is 0.900. The maximum absolute atomic E-state index is 11.5. The third kappa shape index (κ3) is 2.05. The largest absolute Gasteiger partial charge is 0.478 e. The molecule has 1 aliphatic heterocycles. The molecule has 3 rings (SSSR count). The molecule has 0 fully saturated rings. The molecule has 2 aromatic carbocycles. The third-order valence-corrected chi connectivity index (χ3v) is 3.85. The summed E-state index contributed by atoms with van der Waals surface area (Å²) in [5.41, 5.74) is 4.63. The van der Waals surface area contributed by atoms with Gasteiger partial charge in [-0.05, 0) is 43.0 Å². The highest BCUT2D eigenvalue weighted by Gasteiger charge is 2.23. The molecule has 0 radical (unpaired) electrons. The number of carboxylic acids is 1. The Hall–Kier alpha value is -2.29. The lowest BCUT2D eigenvalue weighted by molar-refractivity contribution is 0.0697. The van der Waals surface area contributed by atoms with Gasteiger partial charge in [-0.1, -0.05) is 30.3 Å². The molecule has 0 unspecified atom stereocenters. The first kappa shape index (κ1) is 12.7. The summed E-state index contributed by atoms with van der Waals surface area (Å²) in [7, 11) is 0. The number of carbonyl (C=O) groups is 1. The summed E-state index contributed by atoms with van der Waals surface area (Å²) >= 11 is 0. The number of aromatic carboxylic acids is 1. The van der Waals surface area contributed by atoms with Gasteiger partial charge in [0.05, 0.1) is 11.3 Å². The fraction of sp³-hybridized carbons (Fsp3) is 0.235. The number of benzene rings is 2. The molecular weight excluding hydrogens is 250 g/mol. The van der Waals surface area contributed by atoms with Crippen molar-refractivity contribution in [2.24, 2.45) is 0 Å².